The van der Waals surface area contributed by atoms with Gasteiger partial charge >= 0.3 is 0 Å². The van der Waals surface area contributed by atoms with Crippen molar-refractivity contribution in [2.45, 2.75) is 13.5 Å². The van der Waals surface area contributed by atoms with Crippen molar-refractivity contribution in [3.63, 3.8) is 0 Å². The van der Waals surface area contributed by atoms with Gasteiger partial charge in [0.05, 0.1) is 5.69 Å². The van der Waals surface area contributed by atoms with E-state index in [0.29, 0.717) is 22.9 Å². The van der Waals surface area contributed by atoms with Gasteiger partial charge in [0.25, 0.3) is 0 Å². The molecule has 0 aliphatic rings. The molecule has 1 N–H and O–H groups in total. The number of hydrogen-bond donors (Lipinski definition) is 1. The van der Waals surface area contributed by atoms with Crippen molar-refractivity contribution in [2.24, 2.45) is 7.05 Å². The second-order valence-corrected chi connectivity index (χ2v) is 4.28. The number of ether oxygens (including phenoxy) is 1. The molecule has 0 radical (unpaired) electrons. The lowest BCUT2D eigenvalue weighted by molar-refractivity contribution is 0.429. The Hall–Kier alpha value is -2.32. The first-order valence-electron chi connectivity index (χ1n) is 6.00. The summed E-state index contributed by atoms with van der Waals surface area (Å²) < 4.78 is 7.37. The highest BCUT2D eigenvalue weighted by Crippen LogP contribution is 2.26. The topological polar surface area (TPSA) is 62.9 Å². The van der Waals surface area contributed by atoms with E-state index < -0.39 is 0 Å². The van der Waals surface area contributed by atoms with Crippen LogP contribution in [0.4, 0.5) is 0 Å². The van der Waals surface area contributed by atoms with E-state index in [0.717, 1.165) is 12.1 Å². The first-order valence-corrected chi connectivity index (χ1v) is 6.00. The zero-order valence-corrected chi connectivity index (χ0v) is 11.3. The average molecular weight is 256 g/mol. The van der Waals surface area contributed by atoms with Crippen molar-refractivity contribution in [3.05, 3.63) is 41.1 Å². The van der Waals surface area contributed by atoms with Gasteiger partial charge in [-0.15, -0.1) is 0 Å². The minimum atomic E-state index is 0.474. The normalized spacial score (nSPS) is 10.2. The Balaban J connectivity index is 2.31. The summed E-state index contributed by atoms with van der Waals surface area (Å²) in [7, 11) is 3.66. The van der Waals surface area contributed by atoms with E-state index in [4.69, 9.17) is 10.00 Å². The zero-order chi connectivity index (χ0) is 13.8. The SMILES string of the molecule is CNCc1cccc(Oc2c(C#N)c(C)nn2C)c1. The third-order valence-electron chi connectivity index (χ3n) is 2.78. The summed E-state index contributed by atoms with van der Waals surface area (Å²) in [5.74, 6) is 1.17. The number of benzene rings is 1. The van der Waals surface area contributed by atoms with Gasteiger partial charge in [-0.1, -0.05) is 12.1 Å². The molecule has 98 valence electrons. The third kappa shape index (κ3) is 2.75. The predicted octanol–water partition coefficient (Wildman–Crippen LogP) is 2.11. The van der Waals surface area contributed by atoms with Crippen molar-refractivity contribution < 1.29 is 4.74 Å². The van der Waals surface area contributed by atoms with Crippen LogP contribution in [0.25, 0.3) is 0 Å². The van der Waals surface area contributed by atoms with Gasteiger partial charge in [0.2, 0.25) is 5.88 Å². The van der Waals surface area contributed by atoms with E-state index in [1.54, 1.807) is 18.7 Å². The summed E-state index contributed by atoms with van der Waals surface area (Å²) in [5, 5.41) is 16.4. The summed E-state index contributed by atoms with van der Waals surface area (Å²) in [6.45, 7) is 2.57. The molecule has 1 aromatic heterocycles. The number of nitriles is 1. The van der Waals surface area contributed by atoms with Crippen molar-refractivity contribution in [1.29, 1.82) is 5.26 Å². The van der Waals surface area contributed by atoms with E-state index in [-0.39, 0.29) is 0 Å². The fourth-order valence-electron chi connectivity index (χ4n) is 1.92. The van der Waals surface area contributed by atoms with Gasteiger partial charge in [-0.25, -0.2) is 4.68 Å². The van der Waals surface area contributed by atoms with Crippen LogP contribution in [-0.2, 0) is 13.6 Å². The molecule has 0 amide bonds. The standard InChI is InChI=1S/C14H16N4O/c1-10-13(8-15)14(18(3)17-10)19-12-6-4-5-11(7-12)9-16-2/h4-7,16H,9H2,1-3H3. The molecule has 0 fully saturated rings. The maximum atomic E-state index is 9.14. The molecule has 19 heavy (non-hydrogen) atoms. The lowest BCUT2D eigenvalue weighted by atomic mass is 10.2. The fourth-order valence-corrected chi connectivity index (χ4v) is 1.92. The summed E-state index contributed by atoms with van der Waals surface area (Å²) in [4.78, 5) is 0. The van der Waals surface area contributed by atoms with E-state index in [9.17, 15) is 0 Å². The molecule has 0 aliphatic heterocycles. The molecule has 0 spiro atoms. The van der Waals surface area contributed by atoms with Gasteiger partial charge in [-0.05, 0) is 31.7 Å². The molecule has 0 saturated carbocycles. The van der Waals surface area contributed by atoms with Gasteiger partial charge in [0, 0.05) is 13.6 Å². The van der Waals surface area contributed by atoms with E-state index >= 15 is 0 Å². The van der Waals surface area contributed by atoms with Crippen LogP contribution in [0, 0.1) is 18.3 Å². The van der Waals surface area contributed by atoms with Crippen LogP contribution >= 0.6 is 0 Å². The Bertz CT molecular complexity index is 625. The van der Waals surface area contributed by atoms with Gasteiger partial charge in [-0.2, -0.15) is 10.4 Å². The van der Waals surface area contributed by atoms with Crippen molar-refractivity contribution >= 4 is 0 Å². The average Bonchev–Trinajstić information content (AvgIpc) is 2.65. The van der Waals surface area contributed by atoms with Gasteiger partial charge in [-0.3, -0.25) is 0 Å². The Labute approximate surface area is 112 Å². The monoisotopic (exact) mass is 256 g/mol. The number of rotatable bonds is 4. The second-order valence-electron chi connectivity index (χ2n) is 4.28. The lowest BCUT2D eigenvalue weighted by Crippen LogP contribution is -2.05. The highest BCUT2D eigenvalue weighted by Gasteiger charge is 2.15. The van der Waals surface area contributed by atoms with E-state index in [1.165, 1.54) is 0 Å². The van der Waals surface area contributed by atoms with Crippen molar-refractivity contribution in [2.75, 3.05) is 7.05 Å². The van der Waals surface area contributed by atoms with Crippen LogP contribution in [0.5, 0.6) is 11.6 Å². The first kappa shape index (κ1) is 13.1. The molecule has 0 atom stereocenters. The third-order valence-corrected chi connectivity index (χ3v) is 2.78. The van der Waals surface area contributed by atoms with Crippen LogP contribution in [0.1, 0.15) is 16.8 Å². The molecule has 5 nitrogen and oxygen atoms in total. The molecular weight excluding hydrogens is 240 g/mol. The van der Waals surface area contributed by atoms with Crippen LogP contribution in [0.3, 0.4) is 0 Å². The van der Waals surface area contributed by atoms with E-state index in [1.807, 2.05) is 31.3 Å². The lowest BCUT2D eigenvalue weighted by Gasteiger charge is -2.08. The van der Waals surface area contributed by atoms with Crippen LogP contribution in [0.15, 0.2) is 24.3 Å². The second kappa shape index (κ2) is 5.55. The number of aromatic nitrogens is 2. The van der Waals surface area contributed by atoms with Gasteiger partial charge in [0.1, 0.15) is 17.4 Å². The van der Waals surface area contributed by atoms with Crippen molar-refractivity contribution in [1.82, 2.24) is 15.1 Å². The maximum Gasteiger partial charge on any atom is 0.235 e. The minimum Gasteiger partial charge on any atom is -0.438 e. The molecule has 0 unspecified atom stereocenters. The summed E-state index contributed by atoms with van der Waals surface area (Å²) in [6, 6.07) is 9.88. The zero-order valence-electron chi connectivity index (χ0n) is 11.3. The molecule has 0 bridgehead atoms. The highest BCUT2D eigenvalue weighted by atomic mass is 16.5. The van der Waals surface area contributed by atoms with Crippen LogP contribution in [0.2, 0.25) is 0 Å². The molecule has 1 heterocycles. The molecule has 0 saturated heterocycles. The van der Waals surface area contributed by atoms with E-state index in [2.05, 4.69) is 16.5 Å². The molecule has 2 aromatic rings. The highest BCUT2D eigenvalue weighted by molar-refractivity contribution is 5.44. The largest absolute Gasteiger partial charge is 0.438 e. The number of hydrogen-bond acceptors (Lipinski definition) is 4. The van der Waals surface area contributed by atoms with Crippen LogP contribution in [-0.4, -0.2) is 16.8 Å². The fraction of sp³-hybridized carbons (Fsp3) is 0.286. The minimum absolute atomic E-state index is 0.474. The Kier molecular flexibility index (Phi) is 3.83. The number of nitrogens with one attached hydrogen (secondary N) is 1. The Morgan fingerprint density at radius 3 is 2.95 bits per heavy atom. The quantitative estimate of drug-likeness (QED) is 0.910. The molecule has 2 rings (SSSR count). The predicted molar refractivity (Wildman–Crippen MR) is 71.9 cm³/mol. The van der Waals surface area contributed by atoms with Gasteiger partial charge < -0.3 is 10.1 Å². The number of nitrogens with zero attached hydrogens (tertiary/aromatic N) is 3. The molecule has 0 aliphatic carbocycles. The summed E-state index contributed by atoms with van der Waals surface area (Å²) >= 11 is 0. The Morgan fingerprint density at radius 2 is 2.26 bits per heavy atom. The summed E-state index contributed by atoms with van der Waals surface area (Å²) in [6.07, 6.45) is 0. The number of aryl methyl sites for hydroxylation is 2. The first-order chi connectivity index (χ1) is 9.15. The maximum absolute atomic E-state index is 9.14. The van der Waals surface area contributed by atoms with Crippen LogP contribution < -0.4 is 10.1 Å². The van der Waals surface area contributed by atoms with Crippen molar-refractivity contribution in [3.8, 4) is 17.7 Å². The molecule has 5 heteroatoms. The molecule has 1 aromatic carbocycles. The molecular formula is C14H16N4O. The summed E-state index contributed by atoms with van der Waals surface area (Å²) in [5.41, 5.74) is 2.27. The van der Waals surface area contributed by atoms with Gasteiger partial charge in [0.15, 0.2) is 0 Å². The Morgan fingerprint density at radius 1 is 1.47 bits per heavy atom. The smallest absolute Gasteiger partial charge is 0.235 e.